The second-order valence-corrected chi connectivity index (χ2v) is 18.3. The van der Waals surface area contributed by atoms with E-state index in [-0.39, 0.29) is 0 Å². The van der Waals surface area contributed by atoms with Crippen molar-refractivity contribution in [3.05, 3.63) is 307 Å². The molecule has 0 unspecified atom stereocenters. The third-order valence-corrected chi connectivity index (χ3v) is 14.5. The van der Waals surface area contributed by atoms with E-state index in [1.54, 1.807) is 0 Å². The third kappa shape index (κ3) is 6.78. The van der Waals surface area contributed by atoms with Gasteiger partial charge in [0.2, 0.25) is 0 Å². The number of hydrogen-bond acceptors (Lipinski definition) is 1. The summed E-state index contributed by atoms with van der Waals surface area (Å²) in [5.41, 5.74) is 19.8. The van der Waals surface area contributed by atoms with Crippen molar-refractivity contribution in [2.24, 2.45) is 0 Å². The van der Waals surface area contributed by atoms with Crippen LogP contribution >= 0.6 is 0 Å². The number of rotatable bonds is 9. The molecule has 1 aliphatic rings. The maximum absolute atomic E-state index is 2.49. The predicted octanol–water partition coefficient (Wildman–Crippen LogP) is 18.5. The maximum atomic E-state index is 2.49. The molecule has 13 rings (SSSR count). The van der Waals surface area contributed by atoms with Crippen LogP contribution in [-0.2, 0) is 5.41 Å². The fraction of sp³-hybridized carbons (Fsp3) is 0.0145. The molecular weight excluding hydrogens is 843 g/mol. The fourth-order valence-corrected chi connectivity index (χ4v) is 11.4. The first-order valence-corrected chi connectivity index (χ1v) is 24.2. The molecule has 328 valence electrons. The maximum Gasteiger partial charge on any atom is 0.0713 e. The minimum atomic E-state index is -0.519. The number of hydrogen-bond donors (Lipinski definition) is 0. The first kappa shape index (κ1) is 41.2. The van der Waals surface area contributed by atoms with Gasteiger partial charge in [0.25, 0.3) is 0 Å². The average Bonchev–Trinajstić information content (AvgIpc) is 3.74. The third-order valence-electron chi connectivity index (χ3n) is 14.5. The van der Waals surface area contributed by atoms with Crippen LogP contribution in [0.1, 0.15) is 22.3 Å². The van der Waals surface area contributed by atoms with Crippen molar-refractivity contribution in [1.29, 1.82) is 0 Å². The van der Waals surface area contributed by atoms with Crippen LogP contribution in [0.3, 0.4) is 0 Å². The van der Waals surface area contributed by atoms with E-state index in [0.717, 1.165) is 33.8 Å². The van der Waals surface area contributed by atoms with Gasteiger partial charge in [0, 0.05) is 16.8 Å². The molecular formula is C69H47N. The van der Waals surface area contributed by atoms with Gasteiger partial charge in [-0.25, -0.2) is 0 Å². The lowest BCUT2D eigenvalue weighted by atomic mass is 9.67. The van der Waals surface area contributed by atoms with E-state index < -0.39 is 5.41 Å². The standard InChI is InChI=1S/C69H47N/c1-4-21-50(22-5-1)59-33-18-24-51-25-19-34-63(68(51)59)62-32-14-17-37-67(62)70(57-43-40-49(41-44-57)53-39-38-48-20-10-11-23-52(48)46-53)66-36-16-13-30-58(66)54-42-45-61-60-31-12-15-35-64(60)69(65(61)47-54,55-26-6-2-7-27-55)56-28-8-3-9-29-56/h1-47H. The van der Waals surface area contributed by atoms with E-state index in [4.69, 9.17) is 0 Å². The summed E-state index contributed by atoms with van der Waals surface area (Å²) in [5, 5.41) is 4.92. The zero-order chi connectivity index (χ0) is 46.4. The summed E-state index contributed by atoms with van der Waals surface area (Å²) in [6.07, 6.45) is 0. The van der Waals surface area contributed by atoms with Gasteiger partial charge < -0.3 is 4.90 Å². The van der Waals surface area contributed by atoms with Gasteiger partial charge in [-0.3, -0.25) is 0 Å². The minimum Gasteiger partial charge on any atom is -0.309 e. The van der Waals surface area contributed by atoms with Gasteiger partial charge in [0.05, 0.1) is 16.8 Å². The van der Waals surface area contributed by atoms with Crippen LogP contribution in [0.5, 0.6) is 0 Å². The molecule has 0 saturated carbocycles. The van der Waals surface area contributed by atoms with Crippen LogP contribution < -0.4 is 4.90 Å². The van der Waals surface area contributed by atoms with E-state index in [9.17, 15) is 0 Å². The molecule has 1 nitrogen and oxygen atoms in total. The van der Waals surface area contributed by atoms with E-state index in [1.165, 1.54) is 82.7 Å². The molecule has 0 N–H and O–H groups in total. The van der Waals surface area contributed by atoms with Crippen molar-refractivity contribution in [2.75, 3.05) is 4.90 Å². The van der Waals surface area contributed by atoms with Crippen molar-refractivity contribution in [1.82, 2.24) is 0 Å². The Kier molecular flexibility index (Phi) is 10.1. The second kappa shape index (κ2) is 17.2. The number of anilines is 3. The Morgan fingerprint density at radius 3 is 1.46 bits per heavy atom. The molecule has 0 bridgehead atoms. The highest BCUT2D eigenvalue weighted by Gasteiger charge is 2.46. The SMILES string of the molecule is c1ccc(-c2cccc3cccc(-c4ccccc4N(c4ccc(-c5ccc6ccccc6c5)cc4)c4ccccc4-c4ccc5c(c4)C(c4ccccc4)(c4ccccc4)c4ccccc4-5)c23)cc1. The topological polar surface area (TPSA) is 3.24 Å². The van der Waals surface area contributed by atoms with Crippen molar-refractivity contribution in [3.8, 4) is 55.6 Å². The van der Waals surface area contributed by atoms with Crippen molar-refractivity contribution < 1.29 is 0 Å². The number of nitrogens with zero attached hydrogens (tertiary/aromatic N) is 1. The monoisotopic (exact) mass is 889 g/mol. The predicted molar refractivity (Wildman–Crippen MR) is 295 cm³/mol. The summed E-state index contributed by atoms with van der Waals surface area (Å²) in [6.45, 7) is 0. The molecule has 0 aliphatic heterocycles. The molecule has 12 aromatic carbocycles. The van der Waals surface area contributed by atoms with E-state index in [0.29, 0.717) is 0 Å². The van der Waals surface area contributed by atoms with Crippen molar-refractivity contribution in [2.45, 2.75) is 5.41 Å². The highest BCUT2D eigenvalue weighted by atomic mass is 15.1. The average molecular weight is 890 g/mol. The van der Waals surface area contributed by atoms with Crippen molar-refractivity contribution >= 4 is 38.6 Å². The van der Waals surface area contributed by atoms with Crippen molar-refractivity contribution in [3.63, 3.8) is 0 Å². The minimum absolute atomic E-state index is 0.519. The smallest absolute Gasteiger partial charge is 0.0713 e. The Labute approximate surface area is 409 Å². The highest BCUT2D eigenvalue weighted by Crippen LogP contribution is 2.57. The van der Waals surface area contributed by atoms with Crippen LogP contribution in [0.4, 0.5) is 17.1 Å². The molecule has 70 heavy (non-hydrogen) atoms. The molecule has 0 radical (unpaired) electrons. The van der Waals surface area contributed by atoms with E-state index in [2.05, 4.69) is 290 Å². The molecule has 0 saturated heterocycles. The largest absolute Gasteiger partial charge is 0.309 e. The number of fused-ring (bicyclic) bond motifs is 5. The molecule has 0 heterocycles. The van der Waals surface area contributed by atoms with Gasteiger partial charge in [-0.1, -0.05) is 249 Å². The highest BCUT2D eigenvalue weighted by molar-refractivity contribution is 6.09. The van der Waals surface area contributed by atoms with Gasteiger partial charge in [-0.15, -0.1) is 0 Å². The zero-order valence-corrected chi connectivity index (χ0v) is 38.6. The Hall–Kier alpha value is -9.04. The van der Waals surface area contributed by atoms with Crippen LogP contribution in [-0.4, -0.2) is 0 Å². The summed E-state index contributed by atoms with van der Waals surface area (Å²) in [5.74, 6) is 0. The van der Waals surface area contributed by atoms with Gasteiger partial charge >= 0.3 is 0 Å². The number of benzene rings is 12. The molecule has 0 fully saturated rings. The fourth-order valence-electron chi connectivity index (χ4n) is 11.4. The Morgan fingerprint density at radius 2 is 0.743 bits per heavy atom. The zero-order valence-electron chi connectivity index (χ0n) is 38.6. The number of para-hydroxylation sites is 2. The van der Waals surface area contributed by atoms with Crippen LogP contribution in [0, 0.1) is 0 Å². The Morgan fingerprint density at radius 1 is 0.243 bits per heavy atom. The van der Waals surface area contributed by atoms with Gasteiger partial charge in [-0.05, 0) is 125 Å². The van der Waals surface area contributed by atoms with Crippen LogP contribution in [0.2, 0.25) is 0 Å². The molecule has 12 aromatic rings. The first-order chi connectivity index (χ1) is 34.7. The lowest BCUT2D eigenvalue weighted by Crippen LogP contribution is -2.28. The molecule has 0 atom stereocenters. The molecule has 0 aromatic heterocycles. The van der Waals surface area contributed by atoms with Gasteiger partial charge in [0.1, 0.15) is 0 Å². The summed E-state index contributed by atoms with van der Waals surface area (Å²) in [4.78, 5) is 2.49. The molecule has 0 amide bonds. The summed E-state index contributed by atoms with van der Waals surface area (Å²) in [6, 6.07) is 105. The second-order valence-electron chi connectivity index (χ2n) is 18.3. The Balaban J connectivity index is 1.04. The van der Waals surface area contributed by atoms with Crippen LogP contribution in [0.25, 0.3) is 77.2 Å². The lowest BCUT2D eigenvalue weighted by molar-refractivity contribution is 0.769. The first-order valence-electron chi connectivity index (χ1n) is 24.2. The molecule has 1 aliphatic carbocycles. The van der Waals surface area contributed by atoms with Crippen LogP contribution in [0.15, 0.2) is 285 Å². The Bertz CT molecular complexity index is 3830. The lowest BCUT2D eigenvalue weighted by Gasteiger charge is -2.34. The molecule has 1 heteroatoms. The quantitative estimate of drug-likeness (QED) is 0.140. The van der Waals surface area contributed by atoms with E-state index >= 15 is 0 Å². The molecule has 0 spiro atoms. The summed E-state index contributed by atoms with van der Waals surface area (Å²) < 4.78 is 0. The summed E-state index contributed by atoms with van der Waals surface area (Å²) >= 11 is 0. The van der Waals surface area contributed by atoms with Gasteiger partial charge in [0.15, 0.2) is 0 Å². The van der Waals surface area contributed by atoms with Gasteiger partial charge in [-0.2, -0.15) is 0 Å². The van der Waals surface area contributed by atoms with E-state index in [1.807, 2.05) is 0 Å². The summed E-state index contributed by atoms with van der Waals surface area (Å²) in [7, 11) is 0. The normalized spacial score (nSPS) is 12.4.